The van der Waals surface area contributed by atoms with Crippen molar-refractivity contribution >= 4 is 11.6 Å². The second-order valence-corrected chi connectivity index (χ2v) is 5.34. The van der Waals surface area contributed by atoms with Crippen molar-refractivity contribution in [3.8, 4) is 0 Å². The first-order chi connectivity index (χ1) is 8.10. The zero-order chi connectivity index (χ0) is 13.7. The van der Waals surface area contributed by atoms with Crippen molar-refractivity contribution in [1.29, 1.82) is 0 Å². The highest BCUT2D eigenvalue weighted by atomic mass is 19.4. The van der Waals surface area contributed by atoms with E-state index in [-0.39, 0.29) is 23.2 Å². The third-order valence-corrected chi connectivity index (χ3v) is 3.00. The summed E-state index contributed by atoms with van der Waals surface area (Å²) in [4.78, 5) is 25.3. The molecule has 0 bridgehead atoms. The monoisotopic (exact) mass is 259 g/mol. The van der Waals surface area contributed by atoms with E-state index >= 15 is 0 Å². The number of aromatic amines is 1. The zero-order valence-electron chi connectivity index (χ0n) is 9.94. The lowest BCUT2D eigenvalue weighted by Gasteiger charge is -2.27. The van der Waals surface area contributed by atoms with Crippen molar-refractivity contribution in [2.45, 2.75) is 32.9 Å². The van der Waals surface area contributed by atoms with E-state index in [0.29, 0.717) is 12.1 Å². The molecule has 0 unspecified atom stereocenters. The quantitative estimate of drug-likeness (QED) is 0.788. The van der Waals surface area contributed by atoms with Gasteiger partial charge in [0, 0.05) is 17.7 Å². The molecular formula is C12H12F3NO2. The lowest BCUT2D eigenvalue weighted by atomic mass is 9.76. The number of H-pyrrole nitrogens is 1. The molecule has 0 saturated heterocycles. The number of carbonyl (C=O) groups excluding carboxylic acids is 2. The van der Waals surface area contributed by atoms with Crippen LogP contribution in [0.25, 0.3) is 0 Å². The van der Waals surface area contributed by atoms with Gasteiger partial charge in [0.2, 0.25) is 0 Å². The topological polar surface area (TPSA) is 49.9 Å². The number of carbonyl (C=O) groups is 2. The van der Waals surface area contributed by atoms with Gasteiger partial charge in [0.25, 0.3) is 5.78 Å². The van der Waals surface area contributed by atoms with Gasteiger partial charge in [0.1, 0.15) is 0 Å². The maximum absolute atomic E-state index is 12.3. The molecule has 2 rings (SSSR count). The van der Waals surface area contributed by atoms with Crippen LogP contribution in [-0.4, -0.2) is 22.7 Å². The molecule has 0 atom stereocenters. The molecule has 1 heterocycles. The lowest BCUT2D eigenvalue weighted by molar-refractivity contribution is -0.0888. The fraction of sp³-hybridized carbons (Fsp3) is 0.500. The predicted molar refractivity (Wildman–Crippen MR) is 57.6 cm³/mol. The van der Waals surface area contributed by atoms with Gasteiger partial charge in [-0.25, -0.2) is 0 Å². The average Bonchev–Trinajstić information content (AvgIpc) is 2.56. The van der Waals surface area contributed by atoms with E-state index in [1.54, 1.807) is 0 Å². The number of hydrogen-bond donors (Lipinski definition) is 1. The Kier molecular flexibility index (Phi) is 2.64. The second-order valence-electron chi connectivity index (χ2n) is 5.34. The van der Waals surface area contributed by atoms with Gasteiger partial charge in [-0.15, -0.1) is 0 Å². The van der Waals surface area contributed by atoms with E-state index in [1.807, 2.05) is 13.8 Å². The minimum absolute atomic E-state index is 0.210. The Balaban J connectivity index is 2.41. The van der Waals surface area contributed by atoms with Crippen LogP contribution in [0, 0.1) is 5.41 Å². The first-order valence-corrected chi connectivity index (χ1v) is 5.47. The van der Waals surface area contributed by atoms with Crippen molar-refractivity contribution < 1.29 is 22.8 Å². The van der Waals surface area contributed by atoms with Crippen molar-refractivity contribution in [2.75, 3.05) is 0 Å². The van der Waals surface area contributed by atoms with Crippen LogP contribution < -0.4 is 0 Å². The minimum Gasteiger partial charge on any atom is -0.355 e. The number of halogens is 3. The van der Waals surface area contributed by atoms with Crippen LogP contribution in [0.1, 0.15) is 46.8 Å². The summed E-state index contributed by atoms with van der Waals surface area (Å²) in [6.07, 6.45) is -4.19. The highest BCUT2D eigenvalue weighted by molar-refractivity contribution is 6.04. The maximum Gasteiger partial charge on any atom is 0.456 e. The summed E-state index contributed by atoms with van der Waals surface area (Å²) in [5.41, 5.74) is -0.225. The van der Waals surface area contributed by atoms with E-state index in [0.717, 1.165) is 6.07 Å². The summed E-state index contributed by atoms with van der Waals surface area (Å²) in [6.45, 7) is 3.72. The molecule has 0 spiro atoms. The SMILES string of the molecule is CC1(C)CC(=O)c2cc(C(=O)C(F)(F)F)[nH]c2C1. The number of rotatable bonds is 1. The minimum atomic E-state index is -4.92. The molecule has 1 aliphatic carbocycles. The molecule has 0 aliphatic heterocycles. The standard InChI is InChI=1S/C12H12F3NO2/c1-11(2)4-8-6(9(17)5-11)3-7(16-8)10(18)12(13,14)15/h3,16H,4-5H2,1-2H3. The summed E-state index contributed by atoms with van der Waals surface area (Å²) in [6, 6.07) is 1.02. The van der Waals surface area contributed by atoms with E-state index in [9.17, 15) is 22.8 Å². The summed E-state index contributed by atoms with van der Waals surface area (Å²) in [5.74, 6) is -2.17. The van der Waals surface area contributed by atoms with Gasteiger partial charge in [-0.2, -0.15) is 13.2 Å². The normalized spacial score (nSPS) is 18.6. The smallest absolute Gasteiger partial charge is 0.355 e. The highest BCUT2D eigenvalue weighted by Gasteiger charge is 2.42. The summed E-state index contributed by atoms with van der Waals surface area (Å²) < 4.78 is 36.9. The molecule has 98 valence electrons. The molecule has 1 aromatic rings. The van der Waals surface area contributed by atoms with Crippen molar-refractivity contribution in [1.82, 2.24) is 4.98 Å². The molecule has 0 amide bonds. The van der Waals surface area contributed by atoms with Gasteiger partial charge in [0.15, 0.2) is 5.78 Å². The first-order valence-electron chi connectivity index (χ1n) is 5.47. The Bertz CT molecular complexity index is 526. The van der Waals surface area contributed by atoms with Crippen LogP contribution in [0.5, 0.6) is 0 Å². The summed E-state index contributed by atoms with van der Waals surface area (Å²) >= 11 is 0. The van der Waals surface area contributed by atoms with Gasteiger partial charge in [-0.3, -0.25) is 9.59 Å². The molecule has 18 heavy (non-hydrogen) atoms. The Morgan fingerprint density at radius 2 is 1.94 bits per heavy atom. The number of ketones is 2. The summed E-state index contributed by atoms with van der Waals surface area (Å²) in [5, 5.41) is 0. The van der Waals surface area contributed by atoms with E-state index in [1.165, 1.54) is 0 Å². The third-order valence-electron chi connectivity index (χ3n) is 3.00. The van der Waals surface area contributed by atoms with Crippen LogP contribution in [0.2, 0.25) is 0 Å². The lowest BCUT2D eigenvalue weighted by Crippen LogP contribution is -2.26. The van der Waals surface area contributed by atoms with Crippen LogP contribution in [0.4, 0.5) is 13.2 Å². The maximum atomic E-state index is 12.3. The number of Topliss-reactive ketones (excluding diaryl/α,β-unsaturated/α-hetero) is 2. The predicted octanol–water partition coefficient (Wildman–Crippen LogP) is 2.91. The molecule has 3 nitrogen and oxygen atoms in total. The summed E-state index contributed by atoms with van der Waals surface area (Å²) in [7, 11) is 0. The Morgan fingerprint density at radius 1 is 1.33 bits per heavy atom. The molecule has 6 heteroatoms. The van der Waals surface area contributed by atoms with Crippen LogP contribution in [0.3, 0.4) is 0 Å². The van der Waals surface area contributed by atoms with E-state index in [4.69, 9.17) is 0 Å². The van der Waals surface area contributed by atoms with Gasteiger partial charge in [-0.05, 0) is 17.9 Å². The number of alkyl halides is 3. The Morgan fingerprint density at radius 3 is 2.50 bits per heavy atom. The molecule has 0 aromatic carbocycles. The van der Waals surface area contributed by atoms with E-state index < -0.39 is 17.7 Å². The molecule has 1 aliphatic rings. The largest absolute Gasteiger partial charge is 0.456 e. The Labute approximate surface area is 101 Å². The molecule has 1 aromatic heterocycles. The number of nitrogens with one attached hydrogen (secondary N) is 1. The van der Waals surface area contributed by atoms with Crippen LogP contribution >= 0.6 is 0 Å². The van der Waals surface area contributed by atoms with Crippen molar-refractivity contribution in [3.05, 3.63) is 23.0 Å². The number of aromatic nitrogens is 1. The third kappa shape index (κ3) is 2.19. The van der Waals surface area contributed by atoms with Crippen LogP contribution in [-0.2, 0) is 6.42 Å². The zero-order valence-corrected chi connectivity index (χ0v) is 9.94. The number of hydrogen-bond acceptors (Lipinski definition) is 2. The molecule has 1 N–H and O–H groups in total. The van der Waals surface area contributed by atoms with Gasteiger partial charge in [-0.1, -0.05) is 13.8 Å². The van der Waals surface area contributed by atoms with Gasteiger partial charge >= 0.3 is 6.18 Å². The van der Waals surface area contributed by atoms with Crippen molar-refractivity contribution in [3.63, 3.8) is 0 Å². The molecule has 0 fully saturated rings. The van der Waals surface area contributed by atoms with Gasteiger partial charge in [0.05, 0.1) is 5.69 Å². The molecular weight excluding hydrogens is 247 g/mol. The molecule has 0 radical (unpaired) electrons. The fourth-order valence-corrected chi connectivity index (χ4v) is 2.23. The van der Waals surface area contributed by atoms with E-state index in [2.05, 4.69) is 4.98 Å². The average molecular weight is 259 g/mol. The number of fused-ring (bicyclic) bond motifs is 1. The van der Waals surface area contributed by atoms with Gasteiger partial charge < -0.3 is 4.98 Å². The Hall–Kier alpha value is -1.59. The second kappa shape index (κ2) is 3.70. The molecule has 0 saturated carbocycles. The van der Waals surface area contributed by atoms with Crippen LogP contribution in [0.15, 0.2) is 6.07 Å². The first kappa shape index (κ1) is 12.9. The fourth-order valence-electron chi connectivity index (χ4n) is 2.23. The highest BCUT2D eigenvalue weighted by Crippen LogP contribution is 2.35. The van der Waals surface area contributed by atoms with Crippen molar-refractivity contribution in [2.24, 2.45) is 5.41 Å².